The minimum absolute atomic E-state index is 0.150. The molecule has 26 heavy (non-hydrogen) atoms. The summed E-state index contributed by atoms with van der Waals surface area (Å²) in [6.07, 6.45) is 10.3. The first-order chi connectivity index (χ1) is 12.8. The van der Waals surface area contributed by atoms with Gasteiger partial charge in [-0.2, -0.15) is 0 Å². The van der Waals surface area contributed by atoms with Gasteiger partial charge in [-0.3, -0.25) is 4.79 Å². The molecule has 1 aromatic rings. The summed E-state index contributed by atoms with van der Waals surface area (Å²) in [6, 6.07) is 9.49. The van der Waals surface area contributed by atoms with Crippen LogP contribution in [-0.2, 0) is 4.79 Å². The number of carbonyl (C=O) groups is 1. The van der Waals surface area contributed by atoms with E-state index in [1.54, 1.807) is 0 Å². The molecule has 0 unspecified atom stereocenters. The maximum atomic E-state index is 13.0. The van der Waals surface area contributed by atoms with Gasteiger partial charge in [0, 0.05) is 38.1 Å². The molecular weight excluding hydrogens is 324 g/mol. The summed E-state index contributed by atoms with van der Waals surface area (Å²) in [5, 5.41) is 14.2. The second-order valence-corrected chi connectivity index (χ2v) is 6.90. The molecule has 1 heterocycles. The van der Waals surface area contributed by atoms with Crippen molar-refractivity contribution in [3.8, 4) is 0 Å². The topological polar surface area (TPSA) is 68.2 Å². The quantitative estimate of drug-likeness (QED) is 0.418. The maximum Gasteiger partial charge on any atom is 0.257 e. The van der Waals surface area contributed by atoms with Crippen LogP contribution in [0, 0.1) is 11.3 Å². The fourth-order valence-corrected chi connectivity index (χ4v) is 3.62. The number of para-hydroxylation sites is 1. The van der Waals surface area contributed by atoms with E-state index in [2.05, 4.69) is 21.6 Å². The largest absolute Gasteiger partial charge is 0.367 e. The third-order valence-electron chi connectivity index (χ3n) is 5.08. The molecule has 2 fully saturated rings. The number of nitrogens with one attached hydrogen (secondary N) is 3. The van der Waals surface area contributed by atoms with E-state index < -0.39 is 0 Å². The van der Waals surface area contributed by atoms with Crippen molar-refractivity contribution in [3.63, 3.8) is 0 Å². The van der Waals surface area contributed by atoms with E-state index in [0.717, 1.165) is 31.9 Å². The Bertz CT molecular complexity index is 669. The normalized spacial score (nSPS) is 19.5. The summed E-state index contributed by atoms with van der Waals surface area (Å²) in [5.74, 6) is 0.395. The van der Waals surface area contributed by atoms with E-state index in [-0.39, 0.29) is 5.91 Å². The fraction of sp³-hybridized carbons (Fsp3) is 0.429. The molecule has 0 aromatic heterocycles. The van der Waals surface area contributed by atoms with Gasteiger partial charge in [0.15, 0.2) is 0 Å². The third kappa shape index (κ3) is 4.82. The lowest BCUT2D eigenvalue weighted by molar-refractivity contribution is -0.112. The zero-order valence-corrected chi connectivity index (χ0v) is 15.2. The third-order valence-corrected chi connectivity index (χ3v) is 5.08. The second kappa shape index (κ2) is 9.34. The van der Waals surface area contributed by atoms with E-state index >= 15 is 0 Å². The average Bonchev–Trinajstić information content (AvgIpc) is 3.20. The minimum Gasteiger partial charge on any atom is -0.367 e. The number of rotatable bonds is 6. The molecule has 0 atom stereocenters. The van der Waals surface area contributed by atoms with Crippen molar-refractivity contribution in [2.45, 2.75) is 25.7 Å². The number of allylic oxidation sites excluding steroid dienone is 2. The van der Waals surface area contributed by atoms with Crippen molar-refractivity contribution in [1.29, 1.82) is 5.41 Å². The molecule has 138 valence electrons. The van der Waals surface area contributed by atoms with Crippen LogP contribution in [0.3, 0.4) is 0 Å². The van der Waals surface area contributed by atoms with Gasteiger partial charge in [-0.25, -0.2) is 0 Å². The molecule has 3 rings (SSSR count). The van der Waals surface area contributed by atoms with Gasteiger partial charge in [0.1, 0.15) is 0 Å². The van der Waals surface area contributed by atoms with Gasteiger partial charge in [-0.15, -0.1) is 0 Å². The summed E-state index contributed by atoms with van der Waals surface area (Å²) in [7, 11) is 0. The summed E-state index contributed by atoms with van der Waals surface area (Å²) in [6.45, 7) is 3.36. The Morgan fingerprint density at radius 2 is 1.85 bits per heavy atom. The van der Waals surface area contributed by atoms with Gasteiger partial charge < -0.3 is 20.9 Å². The van der Waals surface area contributed by atoms with Crippen molar-refractivity contribution in [2.24, 2.45) is 5.92 Å². The summed E-state index contributed by atoms with van der Waals surface area (Å²) in [5.41, 5.74) is 2.06. The highest BCUT2D eigenvalue weighted by Gasteiger charge is 2.20. The van der Waals surface area contributed by atoms with Gasteiger partial charge in [0.25, 0.3) is 5.91 Å². The zero-order valence-electron chi connectivity index (χ0n) is 15.2. The highest BCUT2D eigenvalue weighted by Crippen LogP contribution is 2.26. The van der Waals surface area contributed by atoms with E-state index in [0.29, 0.717) is 17.2 Å². The molecule has 0 radical (unpaired) electrons. The minimum atomic E-state index is -0.150. The standard InChI is InChI=1S/C21H28N4O/c22-16-20(25-14-12-23-13-15-25)19(11-10-17-6-4-5-7-17)21(26)24-18-8-2-1-3-9-18/h1-3,8-11,16-17,22-23H,4-7,12-15H2,(H,24,26)/b11-10-,20-19+,22-16?. The van der Waals surface area contributed by atoms with Gasteiger partial charge in [0.05, 0.1) is 11.3 Å². The summed E-state index contributed by atoms with van der Waals surface area (Å²) >= 11 is 0. The van der Waals surface area contributed by atoms with Crippen LogP contribution < -0.4 is 10.6 Å². The number of anilines is 1. The van der Waals surface area contributed by atoms with Gasteiger partial charge in [-0.1, -0.05) is 43.2 Å². The lowest BCUT2D eigenvalue weighted by Crippen LogP contribution is -2.44. The first-order valence-electron chi connectivity index (χ1n) is 9.53. The molecule has 0 bridgehead atoms. The van der Waals surface area contributed by atoms with Crippen LogP contribution in [0.1, 0.15) is 25.7 Å². The van der Waals surface area contributed by atoms with Crippen molar-refractivity contribution in [3.05, 3.63) is 53.8 Å². The molecule has 1 aromatic carbocycles. The first kappa shape index (κ1) is 18.4. The monoisotopic (exact) mass is 352 g/mol. The number of carbonyl (C=O) groups excluding carboxylic acids is 1. The summed E-state index contributed by atoms with van der Waals surface area (Å²) < 4.78 is 0. The zero-order chi connectivity index (χ0) is 18.2. The highest BCUT2D eigenvalue weighted by molar-refractivity contribution is 6.09. The lowest BCUT2D eigenvalue weighted by atomic mass is 10.0. The number of amides is 1. The van der Waals surface area contributed by atoms with E-state index in [9.17, 15) is 4.79 Å². The predicted molar refractivity (Wildman–Crippen MR) is 106 cm³/mol. The number of piperazine rings is 1. The molecule has 1 saturated heterocycles. The predicted octanol–water partition coefficient (Wildman–Crippen LogP) is 3.18. The van der Waals surface area contributed by atoms with E-state index in [1.807, 2.05) is 36.4 Å². The molecule has 5 heteroatoms. The lowest BCUT2D eigenvalue weighted by Gasteiger charge is -2.31. The van der Waals surface area contributed by atoms with Gasteiger partial charge in [-0.05, 0) is 30.9 Å². The Morgan fingerprint density at radius 1 is 1.15 bits per heavy atom. The van der Waals surface area contributed by atoms with Crippen molar-refractivity contribution in [2.75, 3.05) is 31.5 Å². The van der Waals surface area contributed by atoms with Crippen LogP contribution in [0.5, 0.6) is 0 Å². The van der Waals surface area contributed by atoms with Crippen molar-refractivity contribution < 1.29 is 4.79 Å². The van der Waals surface area contributed by atoms with E-state index in [1.165, 1.54) is 31.9 Å². The van der Waals surface area contributed by atoms with E-state index in [4.69, 9.17) is 5.41 Å². The van der Waals surface area contributed by atoms with Crippen LogP contribution in [0.2, 0.25) is 0 Å². The Morgan fingerprint density at radius 3 is 2.50 bits per heavy atom. The van der Waals surface area contributed by atoms with Crippen molar-refractivity contribution in [1.82, 2.24) is 10.2 Å². The molecule has 5 nitrogen and oxygen atoms in total. The van der Waals surface area contributed by atoms with Crippen LogP contribution in [0.4, 0.5) is 5.69 Å². The molecule has 1 amide bonds. The number of nitrogens with zero attached hydrogens (tertiary/aromatic N) is 1. The molecule has 1 saturated carbocycles. The smallest absolute Gasteiger partial charge is 0.257 e. The molecule has 2 aliphatic rings. The molecule has 0 spiro atoms. The maximum absolute atomic E-state index is 13.0. The van der Waals surface area contributed by atoms with Crippen LogP contribution >= 0.6 is 0 Å². The Kier molecular flexibility index (Phi) is 6.61. The average molecular weight is 352 g/mol. The fourth-order valence-electron chi connectivity index (χ4n) is 3.62. The van der Waals surface area contributed by atoms with Crippen LogP contribution in [0.25, 0.3) is 0 Å². The molecular formula is C21H28N4O. The number of benzene rings is 1. The van der Waals surface area contributed by atoms with Crippen LogP contribution in [0.15, 0.2) is 53.8 Å². The Labute approximate surface area is 155 Å². The Hall–Kier alpha value is -2.40. The SMILES string of the molecule is N=C/C(=C(/C=C\C1CCCC1)C(=O)Nc1ccccc1)N1CCNCC1. The van der Waals surface area contributed by atoms with Gasteiger partial charge in [0.2, 0.25) is 0 Å². The van der Waals surface area contributed by atoms with Crippen LogP contribution in [-0.4, -0.2) is 43.2 Å². The van der Waals surface area contributed by atoms with Gasteiger partial charge >= 0.3 is 0 Å². The number of hydrogen-bond acceptors (Lipinski definition) is 4. The molecule has 1 aliphatic carbocycles. The highest BCUT2D eigenvalue weighted by atomic mass is 16.1. The van der Waals surface area contributed by atoms with Crippen molar-refractivity contribution >= 4 is 17.8 Å². The first-order valence-corrected chi connectivity index (χ1v) is 9.53. The Balaban J connectivity index is 1.87. The second-order valence-electron chi connectivity index (χ2n) is 6.90. The number of hydrogen-bond donors (Lipinski definition) is 3. The molecule has 3 N–H and O–H groups in total. The summed E-state index contributed by atoms with van der Waals surface area (Å²) in [4.78, 5) is 15.1. The molecule has 1 aliphatic heterocycles.